The van der Waals surface area contributed by atoms with Crippen molar-refractivity contribution in [3.05, 3.63) is 41.0 Å². The Morgan fingerprint density at radius 3 is 3.00 bits per heavy atom. The zero-order valence-corrected chi connectivity index (χ0v) is 8.25. The van der Waals surface area contributed by atoms with Gasteiger partial charge in [0.15, 0.2) is 0 Å². The van der Waals surface area contributed by atoms with E-state index in [2.05, 4.69) is 23.7 Å². The lowest BCUT2D eigenvalue weighted by atomic mass is 10.2. The molecule has 68 valence electrons. The van der Waals surface area contributed by atoms with Crippen LogP contribution in [0.1, 0.15) is 20.3 Å². The molecular formula is C12H15N. The standard InChI is InChI=1S/C12H15N/c1-4-12-11(6-5-9-13-12)8-7-10(2)3/h4-6,8-9H,2,7H2,1,3H3/b11-8-,12-4+. The summed E-state index contributed by atoms with van der Waals surface area (Å²) in [6.07, 6.45) is 6.91. The number of hydrogen-bond donors (Lipinski definition) is 0. The summed E-state index contributed by atoms with van der Waals surface area (Å²) < 4.78 is 0. The topological polar surface area (TPSA) is 12.9 Å². The van der Waals surface area contributed by atoms with Crippen molar-refractivity contribution >= 4 is 12.2 Å². The summed E-state index contributed by atoms with van der Waals surface area (Å²) in [4.78, 5) is 4.26. The first kappa shape index (κ1) is 9.72. The summed E-state index contributed by atoms with van der Waals surface area (Å²) in [5, 5.41) is 2.23. The smallest absolute Gasteiger partial charge is 0.0656 e. The maximum atomic E-state index is 4.26. The van der Waals surface area contributed by atoms with E-state index in [1.54, 1.807) is 0 Å². The van der Waals surface area contributed by atoms with E-state index in [0.29, 0.717) is 0 Å². The molecule has 1 rings (SSSR count). The van der Waals surface area contributed by atoms with Gasteiger partial charge in [0.25, 0.3) is 0 Å². The Labute approximate surface area is 79.1 Å². The molecule has 0 spiro atoms. The van der Waals surface area contributed by atoms with Crippen molar-refractivity contribution in [1.82, 2.24) is 4.98 Å². The molecule has 1 nitrogen and oxygen atoms in total. The van der Waals surface area contributed by atoms with E-state index in [-0.39, 0.29) is 0 Å². The zero-order valence-electron chi connectivity index (χ0n) is 8.25. The second kappa shape index (κ2) is 4.61. The Hall–Kier alpha value is -1.37. The normalized spacial score (nSPS) is 13.4. The summed E-state index contributed by atoms with van der Waals surface area (Å²) >= 11 is 0. The van der Waals surface area contributed by atoms with Gasteiger partial charge in [0.1, 0.15) is 0 Å². The van der Waals surface area contributed by atoms with Crippen LogP contribution in [0.25, 0.3) is 12.2 Å². The van der Waals surface area contributed by atoms with Gasteiger partial charge in [-0.05, 0) is 31.6 Å². The summed E-state index contributed by atoms with van der Waals surface area (Å²) in [6, 6.07) is 4.03. The lowest BCUT2D eigenvalue weighted by Gasteiger charge is -1.91. The molecule has 1 aromatic rings. The van der Waals surface area contributed by atoms with Gasteiger partial charge in [-0.25, -0.2) is 0 Å². The Morgan fingerprint density at radius 1 is 1.62 bits per heavy atom. The van der Waals surface area contributed by atoms with Crippen LogP contribution in [-0.2, 0) is 0 Å². The van der Waals surface area contributed by atoms with E-state index >= 15 is 0 Å². The number of rotatable bonds is 2. The van der Waals surface area contributed by atoms with Gasteiger partial charge in [0.2, 0.25) is 0 Å². The molecule has 0 saturated heterocycles. The lowest BCUT2D eigenvalue weighted by Crippen LogP contribution is -2.26. The first-order valence-electron chi connectivity index (χ1n) is 4.46. The van der Waals surface area contributed by atoms with E-state index in [1.807, 2.05) is 32.2 Å². The first-order chi connectivity index (χ1) is 6.24. The summed E-state index contributed by atoms with van der Waals surface area (Å²) in [6.45, 7) is 7.89. The van der Waals surface area contributed by atoms with Gasteiger partial charge in [0, 0.05) is 6.20 Å². The molecule has 0 N–H and O–H groups in total. The molecule has 0 radical (unpaired) electrons. The van der Waals surface area contributed by atoms with Gasteiger partial charge in [-0.3, -0.25) is 4.98 Å². The second-order valence-corrected chi connectivity index (χ2v) is 3.13. The number of pyridine rings is 1. The van der Waals surface area contributed by atoms with Crippen LogP contribution < -0.4 is 10.6 Å². The van der Waals surface area contributed by atoms with Crippen LogP contribution in [0.3, 0.4) is 0 Å². The number of hydrogen-bond acceptors (Lipinski definition) is 1. The van der Waals surface area contributed by atoms with E-state index in [4.69, 9.17) is 0 Å². The molecule has 0 fully saturated rings. The van der Waals surface area contributed by atoms with E-state index in [1.165, 1.54) is 10.8 Å². The Kier molecular flexibility index (Phi) is 3.44. The van der Waals surface area contributed by atoms with Crippen molar-refractivity contribution in [2.75, 3.05) is 0 Å². The maximum Gasteiger partial charge on any atom is 0.0656 e. The van der Waals surface area contributed by atoms with Crippen molar-refractivity contribution in [1.29, 1.82) is 0 Å². The molecule has 1 heterocycles. The predicted octanol–water partition coefficient (Wildman–Crippen LogP) is 1.63. The largest absolute Gasteiger partial charge is 0.257 e. The molecule has 0 aliphatic carbocycles. The number of allylic oxidation sites excluding steroid dienone is 1. The molecule has 0 aliphatic heterocycles. The Bertz CT molecular complexity index is 401. The molecule has 0 aromatic carbocycles. The monoisotopic (exact) mass is 173 g/mol. The minimum absolute atomic E-state index is 0.923. The predicted molar refractivity (Wildman–Crippen MR) is 57.5 cm³/mol. The SMILES string of the molecule is C=C(C)C/C=c1/cccn/c1=C/C. The minimum Gasteiger partial charge on any atom is -0.257 e. The molecule has 0 amide bonds. The van der Waals surface area contributed by atoms with Crippen LogP contribution in [0.5, 0.6) is 0 Å². The van der Waals surface area contributed by atoms with Gasteiger partial charge < -0.3 is 0 Å². The third kappa shape index (κ3) is 2.86. The maximum absolute atomic E-state index is 4.26. The molecule has 0 saturated carbocycles. The molecular weight excluding hydrogens is 158 g/mol. The fraction of sp³-hybridized carbons (Fsp3) is 0.250. The third-order valence-corrected chi connectivity index (χ3v) is 1.82. The average Bonchev–Trinajstić information content (AvgIpc) is 2.15. The Morgan fingerprint density at radius 2 is 2.38 bits per heavy atom. The van der Waals surface area contributed by atoms with Crippen molar-refractivity contribution in [3.63, 3.8) is 0 Å². The van der Waals surface area contributed by atoms with E-state index in [9.17, 15) is 0 Å². The molecule has 1 aromatic heterocycles. The zero-order chi connectivity index (χ0) is 9.68. The third-order valence-electron chi connectivity index (χ3n) is 1.82. The molecule has 0 atom stereocenters. The van der Waals surface area contributed by atoms with Gasteiger partial charge in [-0.1, -0.05) is 30.4 Å². The Balaban J connectivity index is 3.14. The van der Waals surface area contributed by atoms with Gasteiger partial charge in [-0.15, -0.1) is 0 Å². The van der Waals surface area contributed by atoms with Gasteiger partial charge >= 0.3 is 0 Å². The van der Waals surface area contributed by atoms with E-state index in [0.717, 1.165) is 11.8 Å². The second-order valence-electron chi connectivity index (χ2n) is 3.13. The number of aromatic nitrogens is 1. The fourth-order valence-corrected chi connectivity index (χ4v) is 1.13. The summed E-state index contributed by atoms with van der Waals surface area (Å²) in [5.41, 5.74) is 1.17. The quantitative estimate of drug-likeness (QED) is 0.619. The van der Waals surface area contributed by atoms with E-state index < -0.39 is 0 Å². The minimum atomic E-state index is 0.923. The van der Waals surface area contributed by atoms with Crippen molar-refractivity contribution in [2.24, 2.45) is 0 Å². The van der Waals surface area contributed by atoms with Crippen molar-refractivity contribution < 1.29 is 0 Å². The molecule has 0 unspecified atom stereocenters. The van der Waals surface area contributed by atoms with Crippen LogP contribution in [-0.4, -0.2) is 4.98 Å². The molecule has 13 heavy (non-hydrogen) atoms. The fourth-order valence-electron chi connectivity index (χ4n) is 1.13. The van der Waals surface area contributed by atoms with Crippen LogP contribution in [0, 0.1) is 0 Å². The highest BCUT2D eigenvalue weighted by atomic mass is 14.6. The average molecular weight is 173 g/mol. The lowest BCUT2D eigenvalue weighted by molar-refractivity contribution is 1.20. The summed E-state index contributed by atoms with van der Waals surface area (Å²) in [5.74, 6) is 0. The highest BCUT2D eigenvalue weighted by molar-refractivity contribution is 5.30. The van der Waals surface area contributed by atoms with Crippen LogP contribution in [0.15, 0.2) is 30.5 Å². The molecule has 0 bridgehead atoms. The highest BCUT2D eigenvalue weighted by Gasteiger charge is 1.84. The van der Waals surface area contributed by atoms with Crippen molar-refractivity contribution in [3.8, 4) is 0 Å². The van der Waals surface area contributed by atoms with Gasteiger partial charge in [0.05, 0.1) is 5.35 Å². The van der Waals surface area contributed by atoms with Crippen LogP contribution in [0.4, 0.5) is 0 Å². The van der Waals surface area contributed by atoms with Crippen LogP contribution in [0.2, 0.25) is 0 Å². The first-order valence-corrected chi connectivity index (χ1v) is 4.46. The van der Waals surface area contributed by atoms with Crippen molar-refractivity contribution in [2.45, 2.75) is 20.3 Å². The molecule has 1 heteroatoms. The summed E-state index contributed by atoms with van der Waals surface area (Å²) in [7, 11) is 0. The van der Waals surface area contributed by atoms with Gasteiger partial charge in [-0.2, -0.15) is 0 Å². The van der Waals surface area contributed by atoms with Crippen LogP contribution >= 0.6 is 0 Å². The highest BCUT2D eigenvalue weighted by Crippen LogP contribution is 1.94. The number of nitrogens with zero attached hydrogens (tertiary/aromatic N) is 1. The molecule has 0 aliphatic rings.